The predicted molar refractivity (Wildman–Crippen MR) is 97.5 cm³/mol. The lowest BCUT2D eigenvalue weighted by atomic mass is 10.0. The Balaban J connectivity index is 1.76. The summed E-state index contributed by atoms with van der Waals surface area (Å²) in [4.78, 5) is 0. The summed E-state index contributed by atoms with van der Waals surface area (Å²) in [5.74, 6) is 1.66. The number of fused-ring (bicyclic) bond motifs is 1. The van der Waals surface area contributed by atoms with Gasteiger partial charge in [0.05, 0.1) is 0 Å². The molecule has 0 spiro atoms. The minimum atomic E-state index is -3.08. The summed E-state index contributed by atoms with van der Waals surface area (Å²) in [6, 6.07) is 3.55. The number of benzene rings is 1. The normalized spacial score (nSPS) is 17.7. The van der Waals surface area contributed by atoms with E-state index in [0.717, 1.165) is 30.6 Å². The smallest absolute Gasteiger partial charge is 0.387 e. The second-order valence-corrected chi connectivity index (χ2v) is 7.32. The van der Waals surface area contributed by atoms with Crippen LogP contribution in [0.2, 0.25) is 0 Å². The SMILES string of the molecule is CC(C)c1nnc2n1CC(NC(C)c1ccc(OC(F)F)cc1OC(F)F)CC2. The molecule has 2 atom stereocenters. The van der Waals surface area contributed by atoms with Gasteiger partial charge in [-0.2, -0.15) is 17.6 Å². The lowest BCUT2D eigenvalue weighted by Gasteiger charge is -2.29. The molecule has 160 valence electrons. The Labute approximate surface area is 166 Å². The average Bonchev–Trinajstić information content (AvgIpc) is 3.04. The largest absolute Gasteiger partial charge is 0.435 e. The van der Waals surface area contributed by atoms with Gasteiger partial charge in [-0.25, -0.2) is 0 Å². The fourth-order valence-electron chi connectivity index (χ4n) is 3.60. The first-order valence-corrected chi connectivity index (χ1v) is 9.46. The molecule has 1 aromatic carbocycles. The van der Waals surface area contributed by atoms with Gasteiger partial charge >= 0.3 is 13.2 Å². The minimum absolute atomic E-state index is 0.0717. The van der Waals surface area contributed by atoms with Crippen molar-refractivity contribution in [3.8, 4) is 11.5 Å². The molecule has 0 amide bonds. The number of halogens is 4. The van der Waals surface area contributed by atoms with E-state index in [4.69, 9.17) is 0 Å². The molecule has 29 heavy (non-hydrogen) atoms. The zero-order valence-electron chi connectivity index (χ0n) is 16.4. The van der Waals surface area contributed by atoms with Crippen LogP contribution in [0.4, 0.5) is 17.6 Å². The topological polar surface area (TPSA) is 61.2 Å². The van der Waals surface area contributed by atoms with Crippen molar-refractivity contribution in [2.75, 3.05) is 0 Å². The second-order valence-electron chi connectivity index (χ2n) is 7.32. The first-order valence-electron chi connectivity index (χ1n) is 9.46. The number of nitrogens with zero attached hydrogens (tertiary/aromatic N) is 3. The van der Waals surface area contributed by atoms with E-state index in [1.165, 1.54) is 12.1 Å². The van der Waals surface area contributed by atoms with Gasteiger partial charge in [-0.05, 0) is 19.4 Å². The van der Waals surface area contributed by atoms with Gasteiger partial charge < -0.3 is 19.4 Å². The number of aryl methyl sites for hydroxylation is 1. The van der Waals surface area contributed by atoms with Gasteiger partial charge in [0.2, 0.25) is 0 Å². The Morgan fingerprint density at radius 2 is 1.79 bits per heavy atom. The maximum atomic E-state index is 12.8. The molecule has 10 heteroatoms. The Morgan fingerprint density at radius 1 is 1.07 bits per heavy atom. The number of ether oxygens (including phenoxy) is 2. The van der Waals surface area contributed by atoms with Gasteiger partial charge in [0.1, 0.15) is 23.1 Å². The van der Waals surface area contributed by atoms with Gasteiger partial charge in [0.25, 0.3) is 0 Å². The highest BCUT2D eigenvalue weighted by Gasteiger charge is 2.26. The number of alkyl halides is 4. The molecule has 1 N–H and O–H groups in total. The summed E-state index contributed by atoms with van der Waals surface area (Å²) < 4.78 is 61.4. The number of hydrogen-bond acceptors (Lipinski definition) is 5. The van der Waals surface area contributed by atoms with Crippen molar-refractivity contribution < 1.29 is 27.0 Å². The Bertz CT molecular complexity index is 829. The van der Waals surface area contributed by atoms with E-state index >= 15 is 0 Å². The van der Waals surface area contributed by atoms with Crippen molar-refractivity contribution in [1.29, 1.82) is 0 Å². The molecule has 6 nitrogen and oxygen atoms in total. The molecule has 2 unspecified atom stereocenters. The predicted octanol–water partition coefficient (Wildman–Crippen LogP) is 4.27. The summed E-state index contributed by atoms with van der Waals surface area (Å²) in [5, 5.41) is 11.9. The second kappa shape index (κ2) is 8.98. The zero-order chi connectivity index (χ0) is 21.1. The molecule has 1 aliphatic heterocycles. The highest BCUT2D eigenvalue weighted by Crippen LogP contribution is 2.32. The van der Waals surface area contributed by atoms with E-state index in [2.05, 4.69) is 29.6 Å². The van der Waals surface area contributed by atoms with E-state index in [-0.39, 0.29) is 29.5 Å². The molecular formula is C19H24F4N4O2. The van der Waals surface area contributed by atoms with Crippen molar-refractivity contribution in [1.82, 2.24) is 20.1 Å². The van der Waals surface area contributed by atoms with E-state index in [1.54, 1.807) is 0 Å². The molecule has 0 aliphatic carbocycles. The molecular weight excluding hydrogens is 392 g/mol. The number of rotatable bonds is 8. The molecule has 0 saturated carbocycles. The Morgan fingerprint density at radius 3 is 2.45 bits per heavy atom. The van der Waals surface area contributed by atoms with Crippen LogP contribution in [0.5, 0.6) is 11.5 Å². The summed E-state index contributed by atoms with van der Waals surface area (Å²) >= 11 is 0. The lowest BCUT2D eigenvalue weighted by molar-refractivity contribution is -0.0548. The molecule has 0 bridgehead atoms. The van der Waals surface area contributed by atoms with Crippen molar-refractivity contribution in [3.05, 3.63) is 35.4 Å². The molecule has 0 radical (unpaired) electrons. The third-order valence-corrected chi connectivity index (χ3v) is 4.87. The summed E-state index contributed by atoms with van der Waals surface area (Å²) in [6.45, 7) is 0.447. The van der Waals surface area contributed by atoms with Crippen LogP contribution < -0.4 is 14.8 Å². The van der Waals surface area contributed by atoms with Crippen LogP contribution in [-0.4, -0.2) is 34.0 Å². The number of nitrogens with one attached hydrogen (secondary N) is 1. The van der Waals surface area contributed by atoms with Crippen LogP contribution in [-0.2, 0) is 13.0 Å². The van der Waals surface area contributed by atoms with Crippen LogP contribution in [0.3, 0.4) is 0 Å². The van der Waals surface area contributed by atoms with Crippen molar-refractivity contribution >= 4 is 0 Å². The molecule has 0 saturated heterocycles. The van der Waals surface area contributed by atoms with Crippen LogP contribution >= 0.6 is 0 Å². The first kappa shape index (κ1) is 21.4. The highest BCUT2D eigenvalue weighted by atomic mass is 19.3. The van der Waals surface area contributed by atoms with Crippen LogP contribution in [0.25, 0.3) is 0 Å². The number of aromatic nitrogens is 3. The minimum Gasteiger partial charge on any atom is -0.435 e. The van der Waals surface area contributed by atoms with Crippen molar-refractivity contribution in [2.45, 2.75) is 71.4 Å². The molecule has 1 aliphatic rings. The van der Waals surface area contributed by atoms with Crippen molar-refractivity contribution in [2.24, 2.45) is 0 Å². The average molecular weight is 416 g/mol. The van der Waals surface area contributed by atoms with Gasteiger partial charge in [-0.15, -0.1) is 10.2 Å². The number of hydrogen-bond donors (Lipinski definition) is 1. The standard InChI is InChI=1S/C19H24F4N4O2/c1-10(2)17-26-25-16-7-4-12(9-27(16)17)24-11(3)14-6-5-13(28-18(20)21)8-15(14)29-19(22)23/h5-6,8,10-12,18-19,24H,4,7,9H2,1-3H3. The first-order chi connectivity index (χ1) is 13.7. The van der Waals surface area contributed by atoms with E-state index in [9.17, 15) is 17.6 Å². The monoisotopic (exact) mass is 416 g/mol. The maximum absolute atomic E-state index is 12.8. The summed E-state index contributed by atoms with van der Waals surface area (Å²) in [7, 11) is 0. The molecule has 3 rings (SSSR count). The third-order valence-electron chi connectivity index (χ3n) is 4.87. The van der Waals surface area contributed by atoms with Crippen LogP contribution in [0, 0.1) is 0 Å². The van der Waals surface area contributed by atoms with Gasteiger partial charge in [-0.1, -0.05) is 19.9 Å². The van der Waals surface area contributed by atoms with Crippen LogP contribution in [0.1, 0.15) is 56.4 Å². The van der Waals surface area contributed by atoms with E-state index in [0.29, 0.717) is 12.1 Å². The lowest BCUT2D eigenvalue weighted by Crippen LogP contribution is -2.39. The van der Waals surface area contributed by atoms with Gasteiger partial charge in [0, 0.05) is 42.6 Å². The molecule has 0 fully saturated rings. The fourth-order valence-corrected chi connectivity index (χ4v) is 3.60. The Hall–Kier alpha value is -2.36. The van der Waals surface area contributed by atoms with E-state index < -0.39 is 13.2 Å². The molecule has 2 heterocycles. The summed E-state index contributed by atoms with van der Waals surface area (Å²) in [6.07, 6.45) is 1.57. The Kier molecular flexibility index (Phi) is 6.61. The maximum Gasteiger partial charge on any atom is 0.387 e. The fraction of sp³-hybridized carbons (Fsp3) is 0.579. The highest BCUT2D eigenvalue weighted by molar-refractivity contribution is 5.42. The van der Waals surface area contributed by atoms with Gasteiger partial charge in [0.15, 0.2) is 0 Å². The van der Waals surface area contributed by atoms with Gasteiger partial charge in [-0.3, -0.25) is 0 Å². The van der Waals surface area contributed by atoms with Crippen LogP contribution in [0.15, 0.2) is 18.2 Å². The molecule has 1 aromatic heterocycles. The van der Waals surface area contributed by atoms with E-state index in [1.807, 2.05) is 20.8 Å². The zero-order valence-corrected chi connectivity index (χ0v) is 16.4. The third kappa shape index (κ3) is 5.17. The van der Waals surface area contributed by atoms with Crippen molar-refractivity contribution in [3.63, 3.8) is 0 Å². The summed E-state index contributed by atoms with van der Waals surface area (Å²) in [5.41, 5.74) is 0.436. The molecule has 2 aromatic rings. The quantitative estimate of drug-likeness (QED) is 0.652.